The molecule has 1 heterocycles. The third-order valence-corrected chi connectivity index (χ3v) is 4.18. The third-order valence-electron chi connectivity index (χ3n) is 4.18. The minimum Gasteiger partial charge on any atom is -0.370 e. The SMILES string of the molecule is CC(=O)Nc1ccc(CN[C@H]2CCN(c3ccccc3)C2)cc1. The van der Waals surface area contributed by atoms with Gasteiger partial charge in [-0.2, -0.15) is 0 Å². The molecule has 2 N–H and O–H groups in total. The lowest BCUT2D eigenvalue weighted by molar-refractivity contribution is -0.114. The fraction of sp³-hybridized carbons (Fsp3) is 0.316. The summed E-state index contributed by atoms with van der Waals surface area (Å²) in [5.41, 5.74) is 3.38. The molecule has 0 radical (unpaired) electrons. The van der Waals surface area contributed by atoms with E-state index in [1.54, 1.807) is 0 Å². The summed E-state index contributed by atoms with van der Waals surface area (Å²) in [5.74, 6) is -0.0390. The molecule has 4 heteroatoms. The van der Waals surface area contributed by atoms with Gasteiger partial charge in [-0.05, 0) is 36.2 Å². The van der Waals surface area contributed by atoms with Gasteiger partial charge in [0.25, 0.3) is 0 Å². The molecule has 1 aliphatic rings. The summed E-state index contributed by atoms with van der Waals surface area (Å²) in [7, 11) is 0. The quantitative estimate of drug-likeness (QED) is 0.892. The number of amides is 1. The van der Waals surface area contributed by atoms with Crippen molar-refractivity contribution in [2.75, 3.05) is 23.3 Å². The van der Waals surface area contributed by atoms with Crippen LogP contribution in [0.5, 0.6) is 0 Å². The Morgan fingerprint density at radius 1 is 1.13 bits per heavy atom. The van der Waals surface area contributed by atoms with Crippen molar-refractivity contribution in [1.29, 1.82) is 0 Å². The molecule has 2 aromatic carbocycles. The number of nitrogens with zero attached hydrogens (tertiary/aromatic N) is 1. The van der Waals surface area contributed by atoms with Crippen molar-refractivity contribution in [2.45, 2.75) is 25.9 Å². The third kappa shape index (κ3) is 4.33. The van der Waals surface area contributed by atoms with Crippen LogP contribution in [0.2, 0.25) is 0 Å². The summed E-state index contributed by atoms with van der Waals surface area (Å²) in [4.78, 5) is 13.4. The zero-order valence-electron chi connectivity index (χ0n) is 13.5. The van der Waals surface area contributed by atoms with E-state index in [2.05, 4.69) is 58.0 Å². The smallest absolute Gasteiger partial charge is 0.221 e. The van der Waals surface area contributed by atoms with E-state index in [0.29, 0.717) is 6.04 Å². The van der Waals surface area contributed by atoms with Gasteiger partial charge in [-0.1, -0.05) is 30.3 Å². The predicted octanol–water partition coefficient (Wildman–Crippen LogP) is 3.01. The van der Waals surface area contributed by atoms with Crippen molar-refractivity contribution in [2.24, 2.45) is 0 Å². The molecular weight excluding hydrogens is 286 g/mol. The molecule has 1 fully saturated rings. The van der Waals surface area contributed by atoms with E-state index < -0.39 is 0 Å². The molecule has 2 aromatic rings. The van der Waals surface area contributed by atoms with Gasteiger partial charge in [0, 0.05) is 44.0 Å². The Bertz CT molecular complexity index is 639. The number of para-hydroxylation sites is 1. The molecule has 0 aliphatic carbocycles. The molecule has 0 unspecified atom stereocenters. The second-order valence-corrected chi connectivity index (χ2v) is 6.03. The maximum absolute atomic E-state index is 11.0. The van der Waals surface area contributed by atoms with Crippen molar-refractivity contribution in [1.82, 2.24) is 5.32 Å². The summed E-state index contributed by atoms with van der Waals surface area (Å²) in [6.45, 7) is 4.53. The molecular formula is C19H23N3O. The summed E-state index contributed by atoms with van der Waals surface area (Å²) in [5, 5.41) is 6.42. The monoisotopic (exact) mass is 309 g/mol. The molecule has 120 valence electrons. The fourth-order valence-corrected chi connectivity index (χ4v) is 2.97. The molecule has 1 amide bonds. The van der Waals surface area contributed by atoms with Gasteiger partial charge in [0.2, 0.25) is 5.91 Å². The number of benzene rings is 2. The first-order chi connectivity index (χ1) is 11.2. The number of nitrogens with one attached hydrogen (secondary N) is 2. The summed E-state index contributed by atoms with van der Waals surface area (Å²) >= 11 is 0. The van der Waals surface area contributed by atoms with Crippen LogP contribution in [-0.2, 0) is 11.3 Å². The lowest BCUT2D eigenvalue weighted by Crippen LogP contribution is -2.32. The summed E-state index contributed by atoms with van der Waals surface area (Å²) < 4.78 is 0. The van der Waals surface area contributed by atoms with Crippen LogP contribution in [0.15, 0.2) is 54.6 Å². The van der Waals surface area contributed by atoms with Crippen molar-refractivity contribution in [3.05, 3.63) is 60.2 Å². The molecule has 0 aromatic heterocycles. The van der Waals surface area contributed by atoms with Crippen LogP contribution in [0.25, 0.3) is 0 Å². The first kappa shape index (κ1) is 15.6. The number of carbonyl (C=O) groups excluding carboxylic acids is 1. The highest BCUT2D eigenvalue weighted by molar-refractivity contribution is 5.88. The van der Waals surface area contributed by atoms with E-state index in [4.69, 9.17) is 0 Å². The number of carbonyl (C=O) groups is 1. The Hall–Kier alpha value is -2.33. The second-order valence-electron chi connectivity index (χ2n) is 6.03. The van der Waals surface area contributed by atoms with Gasteiger partial charge >= 0.3 is 0 Å². The average Bonchev–Trinajstić information content (AvgIpc) is 3.04. The van der Waals surface area contributed by atoms with E-state index >= 15 is 0 Å². The lowest BCUT2D eigenvalue weighted by Gasteiger charge is -2.19. The van der Waals surface area contributed by atoms with Crippen LogP contribution in [0.4, 0.5) is 11.4 Å². The Morgan fingerprint density at radius 2 is 1.87 bits per heavy atom. The normalized spacial score (nSPS) is 17.3. The first-order valence-corrected chi connectivity index (χ1v) is 8.10. The Labute approximate surface area is 137 Å². The lowest BCUT2D eigenvalue weighted by atomic mass is 10.2. The highest BCUT2D eigenvalue weighted by Crippen LogP contribution is 2.20. The van der Waals surface area contributed by atoms with Crippen LogP contribution < -0.4 is 15.5 Å². The molecule has 1 atom stereocenters. The van der Waals surface area contributed by atoms with Crippen molar-refractivity contribution in [3.8, 4) is 0 Å². The van der Waals surface area contributed by atoms with E-state index in [-0.39, 0.29) is 5.91 Å². The Morgan fingerprint density at radius 3 is 2.57 bits per heavy atom. The molecule has 1 aliphatic heterocycles. The summed E-state index contributed by atoms with van der Waals surface area (Å²) in [6.07, 6.45) is 1.17. The summed E-state index contributed by atoms with van der Waals surface area (Å²) in [6, 6.07) is 19.1. The topological polar surface area (TPSA) is 44.4 Å². The van der Waals surface area contributed by atoms with Gasteiger partial charge in [0.15, 0.2) is 0 Å². The standard InChI is InChI=1S/C19H23N3O/c1-15(23)21-17-9-7-16(8-10-17)13-20-18-11-12-22(14-18)19-5-3-2-4-6-19/h2-10,18,20H,11-14H2,1H3,(H,21,23)/t18-/m0/s1. The molecule has 1 saturated heterocycles. The molecule has 0 spiro atoms. The van der Waals surface area contributed by atoms with Crippen LogP contribution in [-0.4, -0.2) is 25.0 Å². The highest BCUT2D eigenvalue weighted by Gasteiger charge is 2.21. The minimum atomic E-state index is -0.0390. The van der Waals surface area contributed by atoms with Gasteiger partial charge in [0.05, 0.1) is 0 Å². The van der Waals surface area contributed by atoms with Gasteiger partial charge in [-0.3, -0.25) is 4.79 Å². The number of anilines is 2. The Balaban J connectivity index is 1.48. The zero-order valence-corrected chi connectivity index (χ0v) is 13.5. The largest absolute Gasteiger partial charge is 0.370 e. The molecule has 0 bridgehead atoms. The van der Waals surface area contributed by atoms with Crippen molar-refractivity contribution >= 4 is 17.3 Å². The van der Waals surface area contributed by atoms with E-state index in [0.717, 1.165) is 25.3 Å². The molecule has 23 heavy (non-hydrogen) atoms. The van der Waals surface area contributed by atoms with Crippen molar-refractivity contribution < 1.29 is 4.79 Å². The van der Waals surface area contributed by atoms with E-state index in [1.165, 1.54) is 24.6 Å². The fourth-order valence-electron chi connectivity index (χ4n) is 2.97. The van der Waals surface area contributed by atoms with Crippen LogP contribution >= 0.6 is 0 Å². The molecule has 4 nitrogen and oxygen atoms in total. The average molecular weight is 309 g/mol. The number of hydrogen-bond donors (Lipinski definition) is 2. The second kappa shape index (κ2) is 7.29. The highest BCUT2D eigenvalue weighted by atomic mass is 16.1. The van der Waals surface area contributed by atoms with Gasteiger partial charge in [-0.25, -0.2) is 0 Å². The van der Waals surface area contributed by atoms with Gasteiger partial charge < -0.3 is 15.5 Å². The van der Waals surface area contributed by atoms with Gasteiger partial charge in [-0.15, -0.1) is 0 Å². The first-order valence-electron chi connectivity index (χ1n) is 8.10. The zero-order chi connectivity index (χ0) is 16.1. The predicted molar refractivity (Wildman–Crippen MR) is 94.6 cm³/mol. The Kier molecular flexibility index (Phi) is 4.93. The maximum atomic E-state index is 11.0. The molecule has 3 rings (SSSR count). The number of hydrogen-bond acceptors (Lipinski definition) is 3. The van der Waals surface area contributed by atoms with Crippen LogP contribution in [0, 0.1) is 0 Å². The van der Waals surface area contributed by atoms with Crippen molar-refractivity contribution in [3.63, 3.8) is 0 Å². The van der Waals surface area contributed by atoms with Gasteiger partial charge in [0.1, 0.15) is 0 Å². The minimum absolute atomic E-state index is 0.0390. The molecule has 0 saturated carbocycles. The number of rotatable bonds is 5. The van der Waals surface area contributed by atoms with Crippen LogP contribution in [0.3, 0.4) is 0 Å². The van der Waals surface area contributed by atoms with E-state index in [9.17, 15) is 4.79 Å². The van der Waals surface area contributed by atoms with E-state index in [1.807, 2.05) is 12.1 Å². The maximum Gasteiger partial charge on any atom is 0.221 e. The van der Waals surface area contributed by atoms with Crippen LogP contribution in [0.1, 0.15) is 18.9 Å².